The molecule has 0 aliphatic carbocycles. The summed E-state index contributed by atoms with van der Waals surface area (Å²) in [6, 6.07) is 0. The summed E-state index contributed by atoms with van der Waals surface area (Å²) in [6.45, 7) is 5.70. The van der Waals surface area contributed by atoms with Gasteiger partial charge in [-0.1, -0.05) is 0 Å². The topological polar surface area (TPSA) is 80.1 Å². The molecule has 1 aliphatic rings. The number of nitrogen functional groups attached to an aromatic ring is 1. The molecule has 0 bridgehead atoms. The molecule has 14 heavy (non-hydrogen) atoms. The van der Waals surface area contributed by atoms with Crippen molar-refractivity contribution in [1.29, 1.82) is 0 Å². The lowest BCUT2D eigenvalue weighted by Crippen LogP contribution is -2.46. The fourth-order valence-corrected chi connectivity index (χ4v) is 1.75. The van der Waals surface area contributed by atoms with Gasteiger partial charge in [-0.15, -0.1) is 5.10 Å². The van der Waals surface area contributed by atoms with E-state index in [4.69, 9.17) is 10.5 Å². The lowest BCUT2D eigenvalue weighted by atomic mass is 10.2. The van der Waals surface area contributed by atoms with Crippen LogP contribution >= 0.6 is 0 Å². The standard InChI is InChI=1S/C8H15N5O/c1-5-3-13(4-6(2)14-5)8-10-7(9)11-12-8/h5-6H,3-4H2,1-2H3,(H3,9,10,11,12). The van der Waals surface area contributed by atoms with Gasteiger partial charge in [-0.05, 0) is 13.8 Å². The number of aromatic amines is 1. The summed E-state index contributed by atoms with van der Waals surface area (Å²) in [5.41, 5.74) is 5.47. The number of hydrogen-bond donors (Lipinski definition) is 2. The monoisotopic (exact) mass is 197 g/mol. The molecule has 3 N–H and O–H groups in total. The summed E-state index contributed by atoms with van der Waals surface area (Å²) in [5.74, 6) is 1.01. The summed E-state index contributed by atoms with van der Waals surface area (Å²) in [4.78, 5) is 6.16. The lowest BCUT2D eigenvalue weighted by Gasteiger charge is -2.34. The maximum absolute atomic E-state index is 5.61. The molecule has 0 saturated carbocycles. The maximum atomic E-state index is 5.61. The Morgan fingerprint density at radius 1 is 1.43 bits per heavy atom. The highest BCUT2D eigenvalue weighted by molar-refractivity contribution is 5.34. The Morgan fingerprint density at radius 3 is 2.57 bits per heavy atom. The van der Waals surface area contributed by atoms with Gasteiger partial charge >= 0.3 is 0 Å². The number of rotatable bonds is 1. The number of nitrogens with two attached hydrogens (primary N) is 1. The largest absolute Gasteiger partial charge is 0.372 e. The Labute approximate surface area is 82.4 Å². The van der Waals surface area contributed by atoms with E-state index in [1.165, 1.54) is 0 Å². The van der Waals surface area contributed by atoms with Crippen LogP contribution in [-0.4, -0.2) is 40.5 Å². The minimum Gasteiger partial charge on any atom is -0.372 e. The second-order valence-corrected chi connectivity index (χ2v) is 3.68. The minimum absolute atomic E-state index is 0.207. The number of ether oxygens (including phenoxy) is 1. The van der Waals surface area contributed by atoms with Crippen molar-refractivity contribution in [3.8, 4) is 0 Å². The van der Waals surface area contributed by atoms with Crippen LogP contribution in [0.3, 0.4) is 0 Å². The fourth-order valence-electron chi connectivity index (χ4n) is 1.75. The van der Waals surface area contributed by atoms with Gasteiger partial charge in [0, 0.05) is 13.1 Å². The van der Waals surface area contributed by atoms with Gasteiger partial charge < -0.3 is 15.4 Å². The average Bonchev–Trinajstić information content (AvgIpc) is 2.50. The Kier molecular flexibility index (Phi) is 2.28. The Bertz CT molecular complexity index is 302. The van der Waals surface area contributed by atoms with Gasteiger partial charge in [0.25, 0.3) is 0 Å². The van der Waals surface area contributed by atoms with Crippen molar-refractivity contribution in [3.05, 3.63) is 0 Å². The van der Waals surface area contributed by atoms with Crippen molar-refractivity contribution >= 4 is 11.9 Å². The molecule has 1 aromatic rings. The molecule has 6 nitrogen and oxygen atoms in total. The predicted octanol–water partition coefficient (Wildman–Crippen LogP) is 0.000500. The molecule has 6 heteroatoms. The van der Waals surface area contributed by atoms with E-state index in [0.717, 1.165) is 13.1 Å². The molecule has 2 heterocycles. The first-order chi connectivity index (χ1) is 6.65. The lowest BCUT2D eigenvalue weighted by molar-refractivity contribution is -0.00569. The molecule has 1 saturated heterocycles. The highest BCUT2D eigenvalue weighted by Gasteiger charge is 2.24. The van der Waals surface area contributed by atoms with Gasteiger partial charge in [0.15, 0.2) is 0 Å². The Balaban J connectivity index is 2.10. The minimum atomic E-state index is 0.207. The summed E-state index contributed by atoms with van der Waals surface area (Å²) >= 11 is 0. The number of anilines is 2. The normalized spacial score (nSPS) is 28.0. The van der Waals surface area contributed by atoms with Crippen LogP contribution in [0, 0.1) is 0 Å². The first-order valence-electron chi connectivity index (χ1n) is 4.73. The van der Waals surface area contributed by atoms with Crippen LogP contribution in [-0.2, 0) is 4.74 Å². The van der Waals surface area contributed by atoms with Crippen LogP contribution in [0.4, 0.5) is 11.9 Å². The number of H-pyrrole nitrogens is 1. The van der Waals surface area contributed by atoms with Crippen LogP contribution in [0.15, 0.2) is 0 Å². The summed E-state index contributed by atoms with van der Waals surface area (Å²) in [7, 11) is 0. The predicted molar refractivity (Wildman–Crippen MR) is 53.0 cm³/mol. The van der Waals surface area contributed by atoms with Crippen molar-refractivity contribution in [2.45, 2.75) is 26.1 Å². The van der Waals surface area contributed by atoms with E-state index in [0.29, 0.717) is 11.9 Å². The van der Waals surface area contributed by atoms with Gasteiger partial charge in [0.1, 0.15) is 0 Å². The zero-order valence-electron chi connectivity index (χ0n) is 8.40. The molecule has 1 aliphatic heterocycles. The van der Waals surface area contributed by atoms with Gasteiger partial charge in [-0.3, -0.25) is 0 Å². The SMILES string of the molecule is CC1CN(c2n[nH]c(N)n2)CC(C)O1. The van der Waals surface area contributed by atoms with Gasteiger partial charge in [-0.2, -0.15) is 4.98 Å². The van der Waals surface area contributed by atoms with Crippen molar-refractivity contribution in [1.82, 2.24) is 15.2 Å². The van der Waals surface area contributed by atoms with E-state index >= 15 is 0 Å². The van der Waals surface area contributed by atoms with Crippen molar-refractivity contribution in [3.63, 3.8) is 0 Å². The third kappa shape index (κ3) is 1.79. The van der Waals surface area contributed by atoms with E-state index < -0.39 is 0 Å². The summed E-state index contributed by atoms with van der Waals surface area (Å²) in [5, 5.41) is 6.65. The van der Waals surface area contributed by atoms with Gasteiger partial charge in [-0.25, -0.2) is 5.10 Å². The van der Waals surface area contributed by atoms with E-state index in [1.807, 2.05) is 13.8 Å². The molecule has 0 radical (unpaired) electrons. The molecule has 2 atom stereocenters. The van der Waals surface area contributed by atoms with Gasteiger partial charge in [0.05, 0.1) is 12.2 Å². The van der Waals surface area contributed by atoms with Crippen LogP contribution in [0.25, 0.3) is 0 Å². The van der Waals surface area contributed by atoms with Gasteiger partial charge in [0.2, 0.25) is 11.9 Å². The third-order valence-corrected chi connectivity index (χ3v) is 2.19. The van der Waals surface area contributed by atoms with Crippen LogP contribution in [0.2, 0.25) is 0 Å². The fraction of sp³-hybridized carbons (Fsp3) is 0.750. The second-order valence-electron chi connectivity index (χ2n) is 3.68. The molecular weight excluding hydrogens is 182 g/mol. The summed E-state index contributed by atoms with van der Waals surface area (Å²) < 4.78 is 5.61. The van der Waals surface area contributed by atoms with Crippen molar-refractivity contribution in [2.24, 2.45) is 0 Å². The van der Waals surface area contributed by atoms with E-state index in [-0.39, 0.29) is 12.2 Å². The number of nitrogens with one attached hydrogen (secondary N) is 1. The molecule has 2 rings (SSSR count). The first-order valence-corrected chi connectivity index (χ1v) is 4.73. The zero-order valence-corrected chi connectivity index (χ0v) is 8.40. The molecule has 0 spiro atoms. The summed E-state index contributed by atoms with van der Waals surface area (Å²) in [6.07, 6.45) is 0.414. The third-order valence-electron chi connectivity index (χ3n) is 2.19. The highest BCUT2D eigenvalue weighted by Crippen LogP contribution is 2.16. The first kappa shape index (κ1) is 9.26. The smallest absolute Gasteiger partial charge is 0.246 e. The molecule has 0 aromatic carbocycles. The van der Waals surface area contributed by atoms with Crippen LogP contribution in [0.1, 0.15) is 13.8 Å². The highest BCUT2D eigenvalue weighted by atomic mass is 16.5. The Hall–Kier alpha value is -1.30. The number of nitrogens with zero attached hydrogens (tertiary/aromatic N) is 3. The van der Waals surface area contributed by atoms with E-state index in [1.54, 1.807) is 0 Å². The van der Waals surface area contributed by atoms with Crippen molar-refractivity contribution in [2.75, 3.05) is 23.7 Å². The second kappa shape index (κ2) is 3.45. The quantitative estimate of drug-likeness (QED) is 0.662. The molecular formula is C8H15N5O. The molecule has 0 amide bonds. The zero-order chi connectivity index (χ0) is 10.1. The van der Waals surface area contributed by atoms with Crippen LogP contribution in [0.5, 0.6) is 0 Å². The van der Waals surface area contributed by atoms with Crippen molar-refractivity contribution < 1.29 is 4.74 Å². The molecule has 2 unspecified atom stereocenters. The molecule has 1 aromatic heterocycles. The number of morpholine rings is 1. The number of hydrogen-bond acceptors (Lipinski definition) is 5. The van der Waals surface area contributed by atoms with E-state index in [9.17, 15) is 0 Å². The van der Waals surface area contributed by atoms with Crippen LogP contribution < -0.4 is 10.6 Å². The Morgan fingerprint density at radius 2 is 2.07 bits per heavy atom. The molecule has 78 valence electrons. The van der Waals surface area contributed by atoms with E-state index in [2.05, 4.69) is 20.1 Å². The average molecular weight is 197 g/mol. The maximum Gasteiger partial charge on any atom is 0.246 e. The number of aromatic nitrogens is 3. The molecule has 1 fully saturated rings.